The van der Waals surface area contributed by atoms with Crippen LogP contribution in [0, 0.1) is 6.92 Å². The molecule has 0 radical (unpaired) electrons. The molecule has 0 aliphatic rings. The van der Waals surface area contributed by atoms with Crippen molar-refractivity contribution in [2.45, 2.75) is 20.0 Å². The van der Waals surface area contributed by atoms with Crippen molar-refractivity contribution >= 4 is 34.2 Å². The number of hydrogen-bond acceptors (Lipinski definition) is 4. The highest BCUT2D eigenvalue weighted by molar-refractivity contribution is 7.81. The molecule has 0 aliphatic heterocycles. The summed E-state index contributed by atoms with van der Waals surface area (Å²) >= 11 is -3.03. The number of nitrogens with zero attached hydrogens (tertiary/aromatic N) is 2. The van der Waals surface area contributed by atoms with Crippen LogP contribution in [0.25, 0.3) is 11.1 Å². The number of anilines is 3. The molecule has 0 spiro atoms. The van der Waals surface area contributed by atoms with E-state index in [9.17, 15) is 26.7 Å². The maximum Gasteiger partial charge on any atom is 0.418 e. The van der Waals surface area contributed by atoms with Gasteiger partial charge in [0, 0.05) is 18.7 Å². The van der Waals surface area contributed by atoms with Gasteiger partial charge in [-0.2, -0.15) is 13.2 Å². The highest BCUT2D eigenvalue weighted by atomic mass is 32.2. The van der Waals surface area contributed by atoms with E-state index >= 15 is 0 Å². The van der Waals surface area contributed by atoms with Crippen LogP contribution >= 0.6 is 0 Å². The highest BCUT2D eigenvalue weighted by Gasteiger charge is 2.35. The van der Waals surface area contributed by atoms with Gasteiger partial charge < -0.3 is 9.87 Å². The van der Waals surface area contributed by atoms with Gasteiger partial charge in [0.25, 0.3) is 0 Å². The third kappa shape index (κ3) is 5.09. The Bertz CT molecular complexity index is 1150. The second kappa shape index (κ2) is 8.86. The molecule has 6 nitrogen and oxygen atoms in total. The number of halogens is 3. The number of amides is 1. The minimum Gasteiger partial charge on any atom is -0.755 e. The van der Waals surface area contributed by atoms with Crippen molar-refractivity contribution in [2.24, 2.45) is 0 Å². The normalized spacial score (nSPS) is 12.3. The average molecular weight is 448 g/mol. The highest BCUT2D eigenvalue weighted by Crippen LogP contribution is 2.41. The predicted octanol–water partition coefficient (Wildman–Crippen LogP) is 4.97. The number of aryl methyl sites for hydroxylation is 1. The summed E-state index contributed by atoms with van der Waals surface area (Å²) in [6, 6.07) is 10.8. The van der Waals surface area contributed by atoms with Gasteiger partial charge in [0.1, 0.15) is 0 Å². The number of carbonyl (C=O) groups excluding carboxylic acids is 1. The Hall–Kier alpha value is -3.24. The summed E-state index contributed by atoms with van der Waals surface area (Å²) in [6.07, 6.45) is -1.79. The number of benzene rings is 2. The van der Waals surface area contributed by atoms with Crippen molar-refractivity contribution in [3.63, 3.8) is 0 Å². The molecule has 0 bridgehead atoms. The fourth-order valence-corrected chi connectivity index (χ4v) is 3.74. The maximum atomic E-state index is 13.5. The van der Waals surface area contributed by atoms with E-state index in [2.05, 4.69) is 10.3 Å². The first kappa shape index (κ1) is 22.4. The quantitative estimate of drug-likeness (QED) is 0.559. The molecule has 1 aromatic heterocycles. The standard InChI is InChI=1S/C21H18F3N3O3S/c1-13-7-8-15(16-9-17(12-25-11-16)26-14(2)28)10-20(13)27(31(29)30)19-6-4-3-5-18(19)21(22,23)24/h3-12H,1-2H3,(H,26,28)(H,29,30)/p-1. The first-order chi connectivity index (χ1) is 14.6. The molecule has 162 valence electrons. The Labute approximate surface area is 179 Å². The minimum atomic E-state index is -4.74. The van der Waals surface area contributed by atoms with E-state index in [1.807, 2.05) is 0 Å². The van der Waals surface area contributed by atoms with Gasteiger partial charge in [0.2, 0.25) is 5.91 Å². The summed E-state index contributed by atoms with van der Waals surface area (Å²) in [5.74, 6) is -0.291. The number of pyridine rings is 1. The molecule has 1 heterocycles. The number of alkyl halides is 3. The van der Waals surface area contributed by atoms with Crippen molar-refractivity contribution in [3.05, 3.63) is 72.1 Å². The van der Waals surface area contributed by atoms with Gasteiger partial charge >= 0.3 is 6.18 Å². The molecule has 3 rings (SSSR count). The topological polar surface area (TPSA) is 85.4 Å². The molecule has 2 aromatic carbocycles. The van der Waals surface area contributed by atoms with Crippen LogP contribution in [0.4, 0.5) is 30.2 Å². The predicted molar refractivity (Wildman–Crippen MR) is 111 cm³/mol. The Kier molecular flexibility index (Phi) is 6.42. The van der Waals surface area contributed by atoms with Gasteiger partial charge in [-0.15, -0.1) is 0 Å². The summed E-state index contributed by atoms with van der Waals surface area (Å²) in [5, 5.41) is 2.60. The molecular formula is C21H17F3N3O3S-. The average Bonchev–Trinajstić information content (AvgIpc) is 2.68. The number of carbonyl (C=O) groups is 1. The van der Waals surface area contributed by atoms with E-state index in [1.54, 1.807) is 25.1 Å². The van der Waals surface area contributed by atoms with E-state index in [4.69, 9.17) is 0 Å². The van der Waals surface area contributed by atoms with Gasteiger partial charge in [0.15, 0.2) is 0 Å². The molecule has 0 fully saturated rings. The lowest BCUT2D eigenvalue weighted by Crippen LogP contribution is -2.24. The smallest absolute Gasteiger partial charge is 0.418 e. The van der Waals surface area contributed by atoms with Crippen LogP contribution in [0.3, 0.4) is 0 Å². The van der Waals surface area contributed by atoms with Crippen LogP contribution in [0.1, 0.15) is 18.1 Å². The van der Waals surface area contributed by atoms with Gasteiger partial charge in [-0.05, 0) is 42.3 Å². The zero-order valence-corrected chi connectivity index (χ0v) is 17.3. The zero-order valence-electron chi connectivity index (χ0n) is 16.4. The van der Waals surface area contributed by atoms with Crippen LogP contribution in [0.5, 0.6) is 0 Å². The second-order valence-electron chi connectivity index (χ2n) is 6.67. The lowest BCUT2D eigenvalue weighted by atomic mass is 10.0. The number of nitrogens with one attached hydrogen (secondary N) is 1. The summed E-state index contributed by atoms with van der Waals surface area (Å²) < 4.78 is 65.3. The SMILES string of the molecule is CC(=O)Nc1cncc(-c2ccc(C)c(N(c3ccccc3C(F)(F)F)S(=O)[O-])c2)c1. The van der Waals surface area contributed by atoms with E-state index in [1.165, 1.54) is 37.5 Å². The summed E-state index contributed by atoms with van der Waals surface area (Å²) in [5.41, 5.74) is 0.433. The van der Waals surface area contributed by atoms with Crippen molar-refractivity contribution in [1.82, 2.24) is 4.98 Å². The number of rotatable bonds is 5. The van der Waals surface area contributed by atoms with Crippen LogP contribution < -0.4 is 9.62 Å². The summed E-state index contributed by atoms with van der Waals surface area (Å²) in [4.78, 5) is 15.3. The fraction of sp³-hybridized carbons (Fsp3) is 0.143. The van der Waals surface area contributed by atoms with E-state index < -0.39 is 28.7 Å². The number of aromatic nitrogens is 1. The molecule has 10 heteroatoms. The number of para-hydroxylation sites is 1. The monoisotopic (exact) mass is 448 g/mol. The third-order valence-electron chi connectivity index (χ3n) is 4.40. The lowest BCUT2D eigenvalue weighted by Gasteiger charge is -2.30. The molecule has 0 aliphatic carbocycles. The van der Waals surface area contributed by atoms with E-state index in [0.717, 1.165) is 12.1 Å². The largest absolute Gasteiger partial charge is 0.755 e. The van der Waals surface area contributed by atoms with Gasteiger partial charge in [0.05, 0.1) is 40.1 Å². The molecule has 0 saturated heterocycles. The van der Waals surface area contributed by atoms with Crippen LogP contribution in [-0.4, -0.2) is 19.7 Å². The van der Waals surface area contributed by atoms with Crippen molar-refractivity contribution in [2.75, 3.05) is 9.62 Å². The van der Waals surface area contributed by atoms with Gasteiger partial charge in [-0.25, -0.2) is 0 Å². The van der Waals surface area contributed by atoms with Crippen LogP contribution in [0.2, 0.25) is 0 Å². The molecular weight excluding hydrogens is 431 g/mol. The Morgan fingerprint density at radius 1 is 1.06 bits per heavy atom. The second-order valence-corrected chi connectivity index (χ2v) is 7.47. The molecule has 0 saturated carbocycles. The van der Waals surface area contributed by atoms with E-state index in [-0.39, 0.29) is 11.6 Å². The Morgan fingerprint density at radius 3 is 2.42 bits per heavy atom. The molecule has 31 heavy (non-hydrogen) atoms. The van der Waals surface area contributed by atoms with Crippen molar-refractivity contribution in [1.29, 1.82) is 0 Å². The van der Waals surface area contributed by atoms with Crippen molar-refractivity contribution in [3.8, 4) is 11.1 Å². The molecule has 3 aromatic rings. The molecule has 1 unspecified atom stereocenters. The van der Waals surface area contributed by atoms with Gasteiger partial charge in [-0.1, -0.05) is 24.3 Å². The number of hydrogen-bond donors (Lipinski definition) is 1. The zero-order chi connectivity index (χ0) is 22.8. The first-order valence-corrected chi connectivity index (χ1v) is 10.0. The summed E-state index contributed by atoms with van der Waals surface area (Å²) in [7, 11) is 0. The molecule has 1 atom stereocenters. The first-order valence-electron chi connectivity index (χ1n) is 8.97. The van der Waals surface area contributed by atoms with E-state index in [0.29, 0.717) is 26.7 Å². The van der Waals surface area contributed by atoms with Crippen molar-refractivity contribution < 1.29 is 26.7 Å². The minimum absolute atomic E-state index is 0.0625. The Balaban J connectivity index is 2.15. The fourth-order valence-electron chi connectivity index (χ4n) is 3.06. The summed E-state index contributed by atoms with van der Waals surface area (Å²) in [6.45, 7) is 2.94. The maximum absolute atomic E-state index is 13.5. The lowest BCUT2D eigenvalue weighted by molar-refractivity contribution is -0.137. The van der Waals surface area contributed by atoms with Crippen LogP contribution in [0.15, 0.2) is 60.9 Å². The third-order valence-corrected chi connectivity index (χ3v) is 5.09. The van der Waals surface area contributed by atoms with Gasteiger partial charge in [-0.3, -0.25) is 18.3 Å². The molecule has 1 amide bonds. The molecule has 1 N–H and O–H groups in total. The van der Waals surface area contributed by atoms with Crippen LogP contribution in [-0.2, 0) is 22.2 Å². The Morgan fingerprint density at radius 2 is 1.77 bits per heavy atom.